The molecule has 0 saturated heterocycles. The van der Waals surface area contributed by atoms with Gasteiger partial charge in [-0.3, -0.25) is 0 Å². The molecule has 1 aromatic heterocycles. The van der Waals surface area contributed by atoms with Crippen LogP contribution in [-0.4, -0.2) is 0 Å². The molecule has 26 heavy (non-hydrogen) atoms. The number of unbranched alkanes of at least 4 members (excludes halogenated alkanes) is 14. The first-order valence-electron chi connectivity index (χ1n) is 11.8. The number of pyridine rings is 1. The van der Waals surface area contributed by atoms with Gasteiger partial charge in [-0.25, -0.2) is 4.57 Å². The van der Waals surface area contributed by atoms with Crippen molar-refractivity contribution in [3.63, 3.8) is 0 Å². The van der Waals surface area contributed by atoms with E-state index in [1.165, 1.54) is 121 Å². The van der Waals surface area contributed by atoms with Crippen LogP contribution in [0.2, 0.25) is 0 Å². The molecule has 1 heteroatoms. The van der Waals surface area contributed by atoms with E-state index in [0.29, 0.717) is 0 Å². The minimum absolute atomic E-state index is 1.19. The highest BCUT2D eigenvalue weighted by atomic mass is 14.9. The molecule has 0 fully saturated rings. The van der Waals surface area contributed by atoms with E-state index in [0.717, 1.165) is 0 Å². The standard InChI is InChI=1S/C25H46N/c1-3-5-7-8-9-10-11-12-13-14-15-16-18-22-26-23-20-25(21-24-26)19-17-6-4-2/h20-21,23-24H,3-19,22H2,1-2H3/q+1. The summed E-state index contributed by atoms with van der Waals surface area (Å²) < 4.78 is 2.36. The first-order valence-corrected chi connectivity index (χ1v) is 11.8. The number of aromatic nitrogens is 1. The summed E-state index contributed by atoms with van der Waals surface area (Å²) in [6.07, 6.45) is 28.4. The van der Waals surface area contributed by atoms with Crippen molar-refractivity contribution in [1.29, 1.82) is 0 Å². The molecule has 150 valence electrons. The largest absolute Gasteiger partial charge is 0.205 e. The summed E-state index contributed by atoms with van der Waals surface area (Å²) in [7, 11) is 0. The molecule has 1 nitrogen and oxygen atoms in total. The van der Waals surface area contributed by atoms with Crippen LogP contribution in [0.15, 0.2) is 24.5 Å². The number of rotatable bonds is 18. The van der Waals surface area contributed by atoms with E-state index in [4.69, 9.17) is 0 Å². The zero-order valence-corrected chi connectivity index (χ0v) is 18.0. The van der Waals surface area contributed by atoms with Gasteiger partial charge in [-0.05, 0) is 24.8 Å². The van der Waals surface area contributed by atoms with Gasteiger partial charge >= 0.3 is 0 Å². The molecule has 0 spiro atoms. The third-order valence-corrected chi connectivity index (χ3v) is 5.55. The fraction of sp³-hybridized carbons (Fsp3) is 0.800. The van der Waals surface area contributed by atoms with Crippen molar-refractivity contribution in [3.05, 3.63) is 30.1 Å². The van der Waals surface area contributed by atoms with Gasteiger partial charge in [-0.1, -0.05) is 97.3 Å². The highest BCUT2D eigenvalue weighted by Gasteiger charge is 2.01. The van der Waals surface area contributed by atoms with Crippen molar-refractivity contribution in [2.45, 2.75) is 130 Å². The average Bonchev–Trinajstić information content (AvgIpc) is 2.67. The van der Waals surface area contributed by atoms with Gasteiger partial charge in [-0.2, -0.15) is 0 Å². The van der Waals surface area contributed by atoms with E-state index in [9.17, 15) is 0 Å². The summed E-state index contributed by atoms with van der Waals surface area (Å²) in [5.74, 6) is 0. The molecule has 0 aromatic carbocycles. The second-order valence-electron chi connectivity index (χ2n) is 8.14. The van der Waals surface area contributed by atoms with E-state index in [2.05, 4.69) is 42.9 Å². The fourth-order valence-corrected chi connectivity index (χ4v) is 3.70. The van der Waals surface area contributed by atoms with Crippen LogP contribution in [0, 0.1) is 0 Å². The van der Waals surface area contributed by atoms with Gasteiger partial charge in [0.25, 0.3) is 0 Å². The summed E-state index contributed by atoms with van der Waals surface area (Å²) in [5.41, 5.74) is 1.50. The maximum atomic E-state index is 2.36. The first kappa shape index (κ1) is 23.2. The van der Waals surface area contributed by atoms with E-state index in [-0.39, 0.29) is 0 Å². The molecule has 0 atom stereocenters. The van der Waals surface area contributed by atoms with Crippen LogP contribution in [0.4, 0.5) is 0 Å². The van der Waals surface area contributed by atoms with Crippen LogP contribution in [0.1, 0.15) is 122 Å². The number of aryl methyl sites for hydroxylation is 2. The molecule has 0 radical (unpaired) electrons. The van der Waals surface area contributed by atoms with Crippen molar-refractivity contribution >= 4 is 0 Å². The Morgan fingerprint density at radius 3 is 1.46 bits per heavy atom. The third kappa shape index (κ3) is 13.4. The summed E-state index contributed by atoms with van der Waals surface area (Å²) >= 11 is 0. The van der Waals surface area contributed by atoms with Crippen LogP contribution in [0.25, 0.3) is 0 Å². The van der Waals surface area contributed by atoms with Gasteiger partial charge < -0.3 is 0 Å². The Labute approximate surface area is 164 Å². The van der Waals surface area contributed by atoms with Gasteiger partial charge in [0.05, 0.1) is 0 Å². The van der Waals surface area contributed by atoms with E-state index in [1.54, 1.807) is 0 Å². The second-order valence-corrected chi connectivity index (χ2v) is 8.14. The molecule has 1 heterocycles. The van der Waals surface area contributed by atoms with Gasteiger partial charge in [-0.15, -0.1) is 0 Å². The quantitative estimate of drug-likeness (QED) is 0.186. The molecule has 0 bridgehead atoms. The molecular weight excluding hydrogens is 314 g/mol. The lowest BCUT2D eigenvalue weighted by Gasteiger charge is -2.03. The van der Waals surface area contributed by atoms with Crippen molar-refractivity contribution in [2.75, 3.05) is 0 Å². The molecule has 0 aliphatic heterocycles. The third-order valence-electron chi connectivity index (χ3n) is 5.55. The Kier molecular flexibility index (Phi) is 15.7. The zero-order valence-electron chi connectivity index (χ0n) is 18.0. The lowest BCUT2D eigenvalue weighted by molar-refractivity contribution is -0.697. The maximum Gasteiger partial charge on any atom is 0.169 e. The molecule has 0 saturated carbocycles. The van der Waals surface area contributed by atoms with E-state index >= 15 is 0 Å². The highest BCUT2D eigenvalue weighted by molar-refractivity contribution is 5.07. The SMILES string of the molecule is CCCCCCCCCCCCCCC[n+]1ccc(CCCCC)cc1. The van der Waals surface area contributed by atoms with Gasteiger partial charge in [0.2, 0.25) is 0 Å². The smallest absolute Gasteiger partial charge is 0.169 e. The van der Waals surface area contributed by atoms with E-state index in [1.807, 2.05) is 0 Å². The number of nitrogens with zero attached hydrogens (tertiary/aromatic N) is 1. The van der Waals surface area contributed by atoms with Crippen molar-refractivity contribution in [3.8, 4) is 0 Å². The van der Waals surface area contributed by atoms with Crippen LogP contribution >= 0.6 is 0 Å². The molecule has 1 aromatic rings. The normalized spacial score (nSPS) is 11.2. The summed E-state index contributed by atoms with van der Waals surface area (Å²) in [5, 5.41) is 0. The van der Waals surface area contributed by atoms with Crippen LogP contribution in [0.3, 0.4) is 0 Å². The van der Waals surface area contributed by atoms with Crippen molar-refractivity contribution in [1.82, 2.24) is 0 Å². The number of hydrogen-bond donors (Lipinski definition) is 0. The van der Waals surface area contributed by atoms with E-state index < -0.39 is 0 Å². The Bertz CT molecular complexity index is 395. The Balaban J connectivity index is 1.88. The monoisotopic (exact) mass is 360 g/mol. The highest BCUT2D eigenvalue weighted by Crippen LogP contribution is 2.12. The summed E-state index contributed by atoms with van der Waals surface area (Å²) in [6, 6.07) is 4.63. The molecule has 0 aliphatic rings. The molecular formula is C25H46N+. The minimum Gasteiger partial charge on any atom is -0.205 e. The summed E-state index contributed by atoms with van der Waals surface area (Å²) in [6.45, 7) is 5.76. The Morgan fingerprint density at radius 2 is 0.962 bits per heavy atom. The van der Waals surface area contributed by atoms with Crippen molar-refractivity contribution < 1.29 is 4.57 Å². The molecule has 1 rings (SSSR count). The molecule has 0 amide bonds. The van der Waals surface area contributed by atoms with Crippen LogP contribution in [-0.2, 0) is 13.0 Å². The number of hydrogen-bond acceptors (Lipinski definition) is 0. The van der Waals surface area contributed by atoms with Crippen LogP contribution < -0.4 is 4.57 Å². The minimum atomic E-state index is 1.19. The van der Waals surface area contributed by atoms with Gasteiger partial charge in [0.15, 0.2) is 12.4 Å². The predicted molar refractivity (Wildman–Crippen MR) is 116 cm³/mol. The summed E-state index contributed by atoms with van der Waals surface area (Å²) in [4.78, 5) is 0. The second kappa shape index (κ2) is 17.6. The van der Waals surface area contributed by atoms with Crippen molar-refractivity contribution in [2.24, 2.45) is 0 Å². The molecule has 0 aliphatic carbocycles. The zero-order chi connectivity index (χ0) is 18.7. The molecule has 0 unspecified atom stereocenters. The topological polar surface area (TPSA) is 3.88 Å². The lowest BCUT2D eigenvalue weighted by Crippen LogP contribution is -2.32. The average molecular weight is 361 g/mol. The molecule has 0 N–H and O–H groups in total. The fourth-order valence-electron chi connectivity index (χ4n) is 3.70. The Morgan fingerprint density at radius 1 is 0.538 bits per heavy atom. The van der Waals surface area contributed by atoms with Gasteiger partial charge in [0.1, 0.15) is 6.54 Å². The van der Waals surface area contributed by atoms with Gasteiger partial charge in [0, 0.05) is 18.6 Å². The maximum absolute atomic E-state index is 2.36. The first-order chi connectivity index (χ1) is 12.9. The Hall–Kier alpha value is -0.850. The lowest BCUT2D eigenvalue weighted by atomic mass is 10.0. The predicted octanol–water partition coefficient (Wildman–Crippen LogP) is 7.80. The van der Waals surface area contributed by atoms with Crippen LogP contribution in [0.5, 0.6) is 0 Å².